The zero-order chi connectivity index (χ0) is 14.8. The molecule has 110 valence electrons. The van der Waals surface area contributed by atoms with Crippen molar-refractivity contribution < 1.29 is 19.1 Å². The number of hydrogen-bond donors (Lipinski definition) is 2. The van der Waals surface area contributed by atoms with Gasteiger partial charge in [-0.05, 0) is 13.8 Å². The number of nitrogens with one attached hydrogen (secondary N) is 1. The molecular formula is C13H24N2O4. The van der Waals surface area contributed by atoms with Crippen molar-refractivity contribution >= 4 is 11.9 Å². The molecule has 1 aliphatic rings. The van der Waals surface area contributed by atoms with E-state index in [4.69, 9.17) is 10.5 Å². The molecule has 0 aromatic heterocycles. The van der Waals surface area contributed by atoms with Gasteiger partial charge in [-0.25, -0.2) is 4.79 Å². The first kappa shape index (κ1) is 15.9. The Morgan fingerprint density at radius 1 is 1.47 bits per heavy atom. The van der Waals surface area contributed by atoms with Crippen molar-refractivity contribution in [3.8, 4) is 0 Å². The Morgan fingerprint density at radius 2 is 2.05 bits per heavy atom. The summed E-state index contributed by atoms with van der Waals surface area (Å²) in [5.41, 5.74) is 4.70. The van der Waals surface area contributed by atoms with Crippen LogP contribution in [0, 0.1) is 5.41 Å². The van der Waals surface area contributed by atoms with Gasteiger partial charge >= 0.3 is 5.97 Å². The van der Waals surface area contributed by atoms with Crippen LogP contribution in [0.2, 0.25) is 0 Å². The van der Waals surface area contributed by atoms with E-state index in [9.17, 15) is 9.59 Å². The Balaban J connectivity index is 2.70. The van der Waals surface area contributed by atoms with Crippen molar-refractivity contribution in [1.29, 1.82) is 0 Å². The summed E-state index contributed by atoms with van der Waals surface area (Å²) >= 11 is 0. The minimum atomic E-state index is -1.02. The van der Waals surface area contributed by atoms with Crippen LogP contribution in [0.4, 0.5) is 0 Å². The molecule has 0 heterocycles. The summed E-state index contributed by atoms with van der Waals surface area (Å²) < 4.78 is 10.1. The van der Waals surface area contributed by atoms with Crippen molar-refractivity contribution in [2.24, 2.45) is 11.1 Å². The number of methoxy groups -OCH3 is 1. The minimum Gasteiger partial charge on any atom is -0.467 e. The molecule has 1 amide bonds. The lowest BCUT2D eigenvalue weighted by Gasteiger charge is -2.57. The average molecular weight is 272 g/mol. The van der Waals surface area contributed by atoms with E-state index in [2.05, 4.69) is 10.1 Å². The van der Waals surface area contributed by atoms with Crippen LogP contribution in [0.3, 0.4) is 0 Å². The Labute approximate surface area is 114 Å². The molecule has 0 aromatic carbocycles. The molecule has 0 saturated heterocycles. The summed E-state index contributed by atoms with van der Waals surface area (Å²) in [6.07, 6.45) is 0.412. The van der Waals surface area contributed by atoms with Gasteiger partial charge < -0.3 is 20.5 Å². The van der Waals surface area contributed by atoms with Crippen LogP contribution in [-0.2, 0) is 19.1 Å². The fourth-order valence-electron chi connectivity index (χ4n) is 2.38. The van der Waals surface area contributed by atoms with Gasteiger partial charge in [0, 0.05) is 18.4 Å². The molecule has 1 rings (SSSR count). The molecule has 0 radical (unpaired) electrons. The predicted octanol–water partition coefficient (Wildman–Crippen LogP) is 0.197. The van der Waals surface area contributed by atoms with E-state index in [1.54, 1.807) is 6.92 Å². The topological polar surface area (TPSA) is 90.6 Å². The van der Waals surface area contributed by atoms with Gasteiger partial charge in [-0.1, -0.05) is 13.8 Å². The SMILES string of the molecule is CCOC1CC(N)(C(=O)N[C@H](C)C(=O)OC)C1(C)C. The summed E-state index contributed by atoms with van der Waals surface area (Å²) in [5, 5.41) is 2.60. The van der Waals surface area contributed by atoms with E-state index in [1.165, 1.54) is 7.11 Å². The number of nitrogens with two attached hydrogens (primary N) is 1. The monoisotopic (exact) mass is 272 g/mol. The minimum absolute atomic E-state index is 0.0401. The maximum absolute atomic E-state index is 12.2. The molecule has 1 aliphatic carbocycles. The number of esters is 1. The lowest BCUT2D eigenvalue weighted by molar-refractivity contribution is -0.172. The van der Waals surface area contributed by atoms with Crippen molar-refractivity contribution in [3.05, 3.63) is 0 Å². The Morgan fingerprint density at radius 3 is 2.47 bits per heavy atom. The third-order valence-electron chi connectivity index (χ3n) is 4.14. The Hall–Kier alpha value is -1.14. The zero-order valence-corrected chi connectivity index (χ0v) is 12.3. The summed E-state index contributed by atoms with van der Waals surface area (Å²) in [4.78, 5) is 23.6. The average Bonchev–Trinajstić information content (AvgIpc) is 2.36. The van der Waals surface area contributed by atoms with Crippen LogP contribution < -0.4 is 11.1 Å². The second-order valence-electron chi connectivity index (χ2n) is 5.56. The van der Waals surface area contributed by atoms with Gasteiger partial charge in [-0.3, -0.25) is 4.79 Å². The first-order chi connectivity index (χ1) is 8.70. The lowest BCUT2D eigenvalue weighted by atomic mass is 9.54. The highest BCUT2D eigenvalue weighted by Gasteiger charge is 2.63. The van der Waals surface area contributed by atoms with Gasteiger partial charge in [0.05, 0.1) is 13.2 Å². The summed E-state index contributed by atoms with van der Waals surface area (Å²) in [7, 11) is 1.28. The number of carbonyl (C=O) groups excluding carboxylic acids is 2. The molecule has 19 heavy (non-hydrogen) atoms. The van der Waals surface area contributed by atoms with E-state index in [0.717, 1.165) is 0 Å². The first-order valence-electron chi connectivity index (χ1n) is 6.50. The molecule has 0 aliphatic heterocycles. The summed E-state index contributed by atoms with van der Waals surface area (Å²) in [5.74, 6) is -0.832. The van der Waals surface area contributed by atoms with Crippen molar-refractivity contribution in [2.75, 3.05) is 13.7 Å². The maximum Gasteiger partial charge on any atom is 0.328 e. The molecule has 1 fully saturated rings. The normalized spacial score (nSPS) is 30.1. The van der Waals surface area contributed by atoms with Gasteiger partial charge in [0.2, 0.25) is 5.91 Å². The third kappa shape index (κ3) is 2.60. The second kappa shape index (κ2) is 5.46. The van der Waals surface area contributed by atoms with E-state index in [-0.39, 0.29) is 12.0 Å². The number of amides is 1. The highest BCUT2D eigenvalue weighted by atomic mass is 16.5. The smallest absolute Gasteiger partial charge is 0.328 e. The first-order valence-corrected chi connectivity index (χ1v) is 6.50. The fourth-order valence-corrected chi connectivity index (χ4v) is 2.38. The molecule has 0 aromatic rings. The van der Waals surface area contributed by atoms with Crippen LogP contribution >= 0.6 is 0 Å². The predicted molar refractivity (Wildman–Crippen MR) is 70.4 cm³/mol. The Kier molecular flexibility index (Phi) is 4.58. The van der Waals surface area contributed by atoms with E-state index in [0.29, 0.717) is 13.0 Å². The van der Waals surface area contributed by atoms with E-state index in [1.807, 2.05) is 20.8 Å². The largest absolute Gasteiger partial charge is 0.467 e. The van der Waals surface area contributed by atoms with Gasteiger partial charge in [-0.15, -0.1) is 0 Å². The van der Waals surface area contributed by atoms with Crippen LogP contribution in [0.25, 0.3) is 0 Å². The standard InChI is InChI=1S/C13H24N2O4/c1-6-19-9-7-13(14,12(9,3)4)11(17)15-8(2)10(16)18-5/h8-9H,6-7,14H2,1-5H3,(H,15,17)/t8-,9?,13?/m1/s1. The molecule has 2 unspecified atom stereocenters. The maximum atomic E-state index is 12.2. The highest BCUT2D eigenvalue weighted by Crippen LogP contribution is 2.49. The van der Waals surface area contributed by atoms with Crippen molar-refractivity contribution in [3.63, 3.8) is 0 Å². The fraction of sp³-hybridized carbons (Fsp3) is 0.846. The molecule has 0 spiro atoms. The molecule has 6 heteroatoms. The van der Waals surface area contributed by atoms with Crippen LogP contribution in [0.1, 0.15) is 34.1 Å². The van der Waals surface area contributed by atoms with E-state index >= 15 is 0 Å². The van der Waals surface area contributed by atoms with Gasteiger partial charge in [0.1, 0.15) is 11.6 Å². The Bertz CT molecular complexity index is 370. The number of hydrogen-bond acceptors (Lipinski definition) is 5. The molecule has 6 nitrogen and oxygen atoms in total. The quantitative estimate of drug-likeness (QED) is 0.698. The number of carbonyl (C=O) groups is 2. The zero-order valence-electron chi connectivity index (χ0n) is 12.3. The molecule has 1 saturated carbocycles. The lowest BCUT2D eigenvalue weighted by Crippen LogP contribution is -2.76. The van der Waals surface area contributed by atoms with Crippen LogP contribution in [-0.4, -0.2) is 43.3 Å². The third-order valence-corrected chi connectivity index (χ3v) is 4.14. The highest BCUT2D eigenvalue weighted by molar-refractivity contribution is 5.92. The van der Waals surface area contributed by atoms with Crippen LogP contribution in [0.5, 0.6) is 0 Å². The van der Waals surface area contributed by atoms with Crippen molar-refractivity contribution in [1.82, 2.24) is 5.32 Å². The van der Waals surface area contributed by atoms with Crippen molar-refractivity contribution in [2.45, 2.75) is 51.8 Å². The number of ether oxygens (including phenoxy) is 2. The van der Waals surface area contributed by atoms with Gasteiger partial charge in [0.25, 0.3) is 0 Å². The van der Waals surface area contributed by atoms with Gasteiger partial charge in [-0.2, -0.15) is 0 Å². The molecule has 3 N–H and O–H groups in total. The van der Waals surface area contributed by atoms with Gasteiger partial charge in [0.15, 0.2) is 0 Å². The van der Waals surface area contributed by atoms with Crippen LogP contribution in [0.15, 0.2) is 0 Å². The van der Waals surface area contributed by atoms with E-state index < -0.39 is 23.0 Å². The molecule has 3 atom stereocenters. The number of rotatable bonds is 5. The molecular weight excluding hydrogens is 248 g/mol. The summed E-state index contributed by atoms with van der Waals surface area (Å²) in [6.45, 7) is 7.87. The summed E-state index contributed by atoms with van der Waals surface area (Å²) in [6, 6.07) is -0.708. The molecule has 0 bridgehead atoms. The second-order valence-corrected chi connectivity index (χ2v) is 5.56.